The van der Waals surface area contributed by atoms with Crippen LogP contribution in [0, 0.1) is 0 Å². The van der Waals surface area contributed by atoms with E-state index < -0.39 is 0 Å². The Labute approximate surface area is 175 Å². The maximum atomic E-state index is 12.6. The molecule has 1 aromatic carbocycles. The Morgan fingerprint density at radius 1 is 1.10 bits per heavy atom. The Hall–Kier alpha value is -2.54. The van der Waals surface area contributed by atoms with E-state index in [0.717, 1.165) is 49.3 Å². The molecule has 2 heterocycles. The Bertz CT molecular complexity index is 903. The molecule has 2 N–H and O–H groups in total. The van der Waals surface area contributed by atoms with Crippen molar-refractivity contribution in [3.05, 3.63) is 40.3 Å². The summed E-state index contributed by atoms with van der Waals surface area (Å²) in [5, 5.41) is 6.81. The summed E-state index contributed by atoms with van der Waals surface area (Å²) in [6.07, 6.45) is 6.56. The molecule has 29 heavy (non-hydrogen) atoms. The number of piperidine rings is 1. The molecule has 0 radical (unpaired) electrons. The van der Waals surface area contributed by atoms with Gasteiger partial charge in [-0.15, -0.1) is 11.3 Å². The van der Waals surface area contributed by atoms with Crippen LogP contribution in [0.15, 0.2) is 24.3 Å². The van der Waals surface area contributed by atoms with E-state index in [-0.39, 0.29) is 18.4 Å². The van der Waals surface area contributed by atoms with E-state index in [4.69, 9.17) is 4.74 Å². The van der Waals surface area contributed by atoms with E-state index >= 15 is 0 Å². The summed E-state index contributed by atoms with van der Waals surface area (Å²) in [6, 6.07) is 8.12. The largest absolute Gasteiger partial charge is 0.465 e. The van der Waals surface area contributed by atoms with Crippen molar-refractivity contribution in [2.45, 2.75) is 38.5 Å². The lowest BCUT2D eigenvalue weighted by Crippen LogP contribution is -2.30. The maximum Gasteiger partial charge on any atom is 0.341 e. The molecule has 1 saturated heterocycles. The zero-order chi connectivity index (χ0) is 20.2. The van der Waals surface area contributed by atoms with E-state index in [2.05, 4.69) is 21.6 Å². The number of methoxy groups -OCH3 is 1. The molecule has 0 atom stereocenters. The molecule has 1 aromatic heterocycles. The fourth-order valence-electron chi connectivity index (χ4n) is 4.19. The number of hydrogen-bond acceptors (Lipinski definition) is 6. The van der Waals surface area contributed by atoms with Crippen molar-refractivity contribution in [1.29, 1.82) is 0 Å². The normalized spacial score (nSPS) is 15.7. The lowest BCUT2D eigenvalue weighted by Gasteiger charge is -2.30. The number of fused-ring (bicyclic) bond motifs is 1. The minimum absolute atomic E-state index is 0.147. The molecule has 0 spiro atoms. The summed E-state index contributed by atoms with van der Waals surface area (Å²) >= 11 is 1.50. The second kappa shape index (κ2) is 8.86. The number of nitrogens with one attached hydrogen (secondary N) is 2. The second-order valence-corrected chi connectivity index (χ2v) is 8.62. The Morgan fingerprint density at radius 3 is 2.69 bits per heavy atom. The molecule has 7 heteroatoms. The molecular formula is C22H27N3O3S. The minimum atomic E-state index is -0.372. The fourth-order valence-corrected chi connectivity index (χ4v) is 5.48. The molecule has 2 aromatic rings. The summed E-state index contributed by atoms with van der Waals surface area (Å²) in [7, 11) is 1.38. The van der Waals surface area contributed by atoms with E-state index in [1.165, 1.54) is 42.6 Å². The number of nitrogens with zero attached hydrogens (tertiary/aromatic N) is 1. The highest BCUT2D eigenvalue weighted by Gasteiger charge is 2.28. The zero-order valence-corrected chi connectivity index (χ0v) is 17.6. The van der Waals surface area contributed by atoms with Crippen LogP contribution in [0.5, 0.6) is 0 Å². The van der Waals surface area contributed by atoms with Gasteiger partial charge < -0.3 is 20.3 Å². The van der Waals surface area contributed by atoms with Gasteiger partial charge in [-0.1, -0.05) is 12.1 Å². The lowest BCUT2D eigenvalue weighted by atomic mass is 10.1. The Balaban J connectivity index is 1.44. The zero-order valence-electron chi connectivity index (χ0n) is 16.8. The topological polar surface area (TPSA) is 70.7 Å². The molecule has 1 aliphatic carbocycles. The number of benzene rings is 1. The second-order valence-electron chi connectivity index (χ2n) is 7.52. The smallest absolute Gasteiger partial charge is 0.341 e. The average molecular weight is 414 g/mol. The number of para-hydroxylation sites is 2. The molecule has 2 aliphatic rings. The number of thiophene rings is 1. The molecule has 0 saturated carbocycles. The fraction of sp³-hybridized carbons (Fsp3) is 0.455. The molecule has 1 amide bonds. The van der Waals surface area contributed by atoms with Gasteiger partial charge in [-0.05, 0) is 56.2 Å². The van der Waals surface area contributed by atoms with Gasteiger partial charge in [0.1, 0.15) is 5.00 Å². The summed E-state index contributed by atoms with van der Waals surface area (Å²) < 4.78 is 4.95. The van der Waals surface area contributed by atoms with Crippen LogP contribution in [0.2, 0.25) is 0 Å². The third-order valence-corrected chi connectivity index (χ3v) is 6.81. The lowest BCUT2D eigenvalue weighted by molar-refractivity contribution is -0.114. The number of ether oxygens (including phenoxy) is 1. The molecule has 1 aliphatic heterocycles. The SMILES string of the molecule is COC(=O)c1c(NC(=O)CNc2ccccc2N2CCCCC2)sc2c1CCC2. The number of rotatable bonds is 6. The predicted octanol–water partition coefficient (Wildman–Crippen LogP) is 4.06. The van der Waals surface area contributed by atoms with Gasteiger partial charge in [0, 0.05) is 18.0 Å². The Morgan fingerprint density at radius 2 is 1.90 bits per heavy atom. The molecule has 4 rings (SSSR count). The van der Waals surface area contributed by atoms with Crippen molar-refractivity contribution in [3.63, 3.8) is 0 Å². The molecule has 0 unspecified atom stereocenters. The van der Waals surface area contributed by atoms with Gasteiger partial charge in [0.05, 0.1) is 30.6 Å². The monoisotopic (exact) mass is 413 g/mol. The van der Waals surface area contributed by atoms with Gasteiger partial charge in [-0.25, -0.2) is 4.79 Å². The summed E-state index contributed by atoms with van der Waals surface area (Å²) in [5.74, 6) is -0.536. The molecule has 1 fully saturated rings. The van der Waals surface area contributed by atoms with Crippen LogP contribution in [0.1, 0.15) is 46.5 Å². The maximum absolute atomic E-state index is 12.6. The third kappa shape index (κ3) is 4.24. The van der Waals surface area contributed by atoms with Gasteiger partial charge in [-0.2, -0.15) is 0 Å². The minimum Gasteiger partial charge on any atom is -0.465 e. The van der Waals surface area contributed by atoms with Crippen LogP contribution in [0.4, 0.5) is 16.4 Å². The van der Waals surface area contributed by atoms with Gasteiger partial charge in [0.15, 0.2) is 0 Å². The van der Waals surface area contributed by atoms with E-state index in [9.17, 15) is 9.59 Å². The van der Waals surface area contributed by atoms with E-state index in [1.54, 1.807) is 0 Å². The molecule has 0 bridgehead atoms. The van der Waals surface area contributed by atoms with Crippen LogP contribution in [-0.2, 0) is 22.4 Å². The van der Waals surface area contributed by atoms with Crippen LogP contribution in [-0.4, -0.2) is 38.6 Å². The van der Waals surface area contributed by atoms with Gasteiger partial charge in [0.2, 0.25) is 5.91 Å². The van der Waals surface area contributed by atoms with Gasteiger partial charge in [0.25, 0.3) is 0 Å². The first-order valence-electron chi connectivity index (χ1n) is 10.3. The highest BCUT2D eigenvalue weighted by Crippen LogP contribution is 2.39. The van der Waals surface area contributed by atoms with Crippen molar-refractivity contribution in [1.82, 2.24) is 0 Å². The van der Waals surface area contributed by atoms with E-state index in [1.807, 2.05) is 18.2 Å². The van der Waals surface area contributed by atoms with Gasteiger partial charge in [-0.3, -0.25) is 4.79 Å². The Kier molecular flexibility index (Phi) is 6.04. The average Bonchev–Trinajstić information content (AvgIpc) is 3.33. The highest BCUT2D eigenvalue weighted by atomic mass is 32.1. The number of amides is 1. The van der Waals surface area contributed by atoms with Crippen LogP contribution >= 0.6 is 11.3 Å². The predicted molar refractivity (Wildman–Crippen MR) is 117 cm³/mol. The molecular weight excluding hydrogens is 386 g/mol. The summed E-state index contributed by atoms with van der Waals surface area (Å²) in [6.45, 7) is 2.25. The number of aryl methyl sites for hydroxylation is 1. The first kappa shape index (κ1) is 19.8. The number of carbonyl (C=O) groups is 2. The summed E-state index contributed by atoms with van der Waals surface area (Å²) in [5.41, 5.74) is 3.68. The third-order valence-electron chi connectivity index (χ3n) is 5.60. The number of hydrogen-bond donors (Lipinski definition) is 2. The van der Waals surface area contributed by atoms with Crippen molar-refractivity contribution in [2.24, 2.45) is 0 Å². The number of carbonyl (C=O) groups excluding carboxylic acids is 2. The van der Waals surface area contributed by atoms with Crippen LogP contribution in [0.25, 0.3) is 0 Å². The van der Waals surface area contributed by atoms with Crippen LogP contribution in [0.3, 0.4) is 0 Å². The molecule has 6 nitrogen and oxygen atoms in total. The quantitative estimate of drug-likeness (QED) is 0.699. The first-order valence-corrected chi connectivity index (χ1v) is 11.1. The summed E-state index contributed by atoms with van der Waals surface area (Å²) in [4.78, 5) is 28.4. The van der Waals surface area contributed by atoms with Crippen molar-refractivity contribution < 1.29 is 14.3 Å². The van der Waals surface area contributed by atoms with Crippen molar-refractivity contribution in [3.8, 4) is 0 Å². The van der Waals surface area contributed by atoms with Gasteiger partial charge >= 0.3 is 5.97 Å². The van der Waals surface area contributed by atoms with Crippen molar-refractivity contribution >= 4 is 39.6 Å². The van der Waals surface area contributed by atoms with Crippen molar-refractivity contribution in [2.75, 3.05) is 42.3 Å². The van der Waals surface area contributed by atoms with Crippen LogP contribution < -0.4 is 15.5 Å². The standard InChI is InChI=1S/C22H27N3O3S/c1-28-22(27)20-15-8-7-11-18(15)29-21(20)24-19(26)14-23-16-9-3-4-10-17(16)25-12-5-2-6-13-25/h3-4,9-10,23H,2,5-8,11-14H2,1H3,(H,24,26). The molecule has 154 valence electrons. The number of anilines is 3. The highest BCUT2D eigenvalue weighted by molar-refractivity contribution is 7.17. The number of esters is 1. The first-order chi connectivity index (χ1) is 14.2. The van der Waals surface area contributed by atoms with E-state index in [0.29, 0.717) is 10.6 Å².